The van der Waals surface area contributed by atoms with Crippen molar-refractivity contribution in [2.45, 2.75) is 38.0 Å². The molecule has 2 rings (SSSR count). The van der Waals surface area contributed by atoms with E-state index in [0.717, 1.165) is 12.8 Å². The Morgan fingerprint density at radius 1 is 1.00 bits per heavy atom. The molecule has 0 aliphatic carbocycles. The lowest BCUT2D eigenvalue weighted by atomic mass is 10.2. The number of ether oxygens (including phenoxy) is 1. The fourth-order valence-electron chi connectivity index (χ4n) is 2.34. The molecule has 0 saturated heterocycles. The van der Waals surface area contributed by atoms with Gasteiger partial charge in [0, 0.05) is 12.2 Å². The lowest BCUT2D eigenvalue weighted by molar-refractivity contribution is 0.102. The Morgan fingerprint density at radius 2 is 1.70 bits per heavy atom. The second-order valence-corrected chi connectivity index (χ2v) is 7.84. The number of para-hydroxylation sites is 1. The zero-order valence-electron chi connectivity index (χ0n) is 15.7. The fraction of sp³-hybridized carbons (Fsp3) is 0.350. The van der Waals surface area contributed by atoms with E-state index >= 15 is 0 Å². The largest absolute Gasteiger partial charge is 0.493 e. The zero-order valence-corrected chi connectivity index (χ0v) is 16.5. The lowest BCUT2D eigenvalue weighted by Gasteiger charge is -2.12. The van der Waals surface area contributed by atoms with E-state index in [2.05, 4.69) is 17.0 Å². The average Bonchev–Trinajstić information content (AvgIpc) is 2.67. The van der Waals surface area contributed by atoms with Crippen LogP contribution in [0.3, 0.4) is 0 Å². The predicted octanol–water partition coefficient (Wildman–Crippen LogP) is 3.81. The SMILES string of the molecule is CCCCOc1ccccc1C(=O)Nc1ccc(S(=O)(=O)NCCC)cc1. The highest BCUT2D eigenvalue weighted by Gasteiger charge is 2.15. The standard InChI is InChI=1S/C20H26N2O4S/c1-3-5-15-26-19-9-7-6-8-18(19)20(23)22-16-10-12-17(13-11-16)27(24,25)21-14-4-2/h6-13,21H,3-5,14-15H2,1-2H3,(H,22,23). The van der Waals surface area contributed by atoms with Gasteiger partial charge in [-0.1, -0.05) is 32.4 Å². The molecule has 2 aromatic carbocycles. The molecule has 7 heteroatoms. The van der Waals surface area contributed by atoms with E-state index in [4.69, 9.17) is 4.74 Å². The second-order valence-electron chi connectivity index (χ2n) is 6.07. The van der Waals surface area contributed by atoms with Gasteiger partial charge in [-0.25, -0.2) is 13.1 Å². The van der Waals surface area contributed by atoms with Gasteiger partial charge < -0.3 is 10.1 Å². The van der Waals surface area contributed by atoms with Crippen LogP contribution in [0.1, 0.15) is 43.5 Å². The van der Waals surface area contributed by atoms with Crippen molar-refractivity contribution in [3.8, 4) is 5.75 Å². The Kier molecular flexibility index (Phi) is 7.82. The molecule has 0 heterocycles. The van der Waals surface area contributed by atoms with Gasteiger partial charge in [0.2, 0.25) is 10.0 Å². The van der Waals surface area contributed by atoms with Crippen LogP contribution in [0.25, 0.3) is 0 Å². The van der Waals surface area contributed by atoms with Gasteiger partial charge in [-0.3, -0.25) is 4.79 Å². The van der Waals surface area contributed by atoms with Crippen LogP contribution in [0.5, 0.6) is 5.75 Å². The first kappa shape index (κ1) is 20.9. The molecule has 0 aliphatic heterocycles. The number of carbonyl (C=O) groups excluding carboxylic acids is 1. The molecule has 0 saturated carbocycles. The number of hydrogen-bond donors (Lipinski definition) is 2. The highest BCUT2D eigenvalue weighted by Crippen LogP contribution is 2.21. The molecule has 0 unspecified atom stereocenters. The van der Waals surface area contributed by atoms with E-state index in [1.165, 1.54) is 12.1 Å². The molecule has 0 aliphatic rings. The van der Waals surface area contributed by atoms with Gasteiger partial charge >= 0.3 is 0 Å². The van der Waals surface area contributed by atoms with Crippen molar-refractivity contribution < 1.29 is 17.9 Å². The average molecular weight is 391 g/mol. The summed E-state index contributed by atoms with van der Waals surface area (Å²) in [5.74, 6) is 0.230. The number of anilines is 1. The summed E-state index contributed by atoms with van der Waals surface area (Å²) in [7, 11) is -3.52. The normalized spacial score (nSPS) is 11.2. The zero-order chi connectivity index (χ0) is 19.7. The maximum atomic E-state index is 12.6. The van der Waals surface area contributed by atoms with Crippen LogP contribution in [0.4, 0.5) is 5.69 Å². The second kappa shape index (κ2) is 10.1. The van der Waals surface area contributed by atoms with Crippen molar-refractivity contribution in [1.82, 2.24) is 4.72 Å². The number of rotatable bonds is 10. The van der Waals surface area contributed by atoms with Gasteiger partial charge in [0.25, 0.3) is 5.91 Å². The third kappa shape index (κ3) is 6.08. The van der Waals surface area contributed by atoms with Gasteiger partial charge in [-0.2, -0.15) is 0 Å². The molecule has 6 nitrogen and oxygen atoms in total. The molecule has 0 atom stereocenters. The lowest BCUT2D eigenvalue weighted by Crippen LogP contribution is -2.24. The predicted molar refractivity (Wildman–Crippen MR) is 107 cm³/mol. The number of benzene rings is 2. The van der Waals surface area contributed by atoms with Crippen LogP contribution in [-0.4, -0.2) is 27.5 Å². The number of hydrogen-bond acceptors (Lipinski definition) is 4. The van der Waals surface area contributed by atoms with Crippen molar-refractivity contribution in [2.75, 3.05) is 18.5 Å². The minimum atomic E-state index is -3.52. The van der Waals surface area contributed by atoms with Crippen molar-refractivity contribution in [3.63, 3.8) is 0 Å². The summed E-state index contributed by atoms with van der Waals surface area (Å²) in [6, 6.07) is 13.1. The molecule has 2 N–H and O–H groups in total. The monoisotopic (exact) mass is 390 g/mol. The molecule has 0 aromatic heterocycles. The summed E-state index contributed by atoms with van der Waals surface area (Å²) in [5.41, 5.74) is 0.952. The molecular formula is C20H26N2O4S. The van der Waals surface area contributed by atoms with E-state index in [1.54, 1.807) is 30.3 Å². The van der Waals surface area contributed by atoms with Gasteiger partial charge in [0.1, 0.15) is 5.75 Å². The minimum Gasteiger partial charge on any atom is -0.493 e. The Hall–Kier alpha value is -2.38. The molecule has 27 heavy (non-hydrogen) atoms. The molecule has 0 fully saturated rings. The number of amides is 1. The van der Waals surface area contributed by atoms with Crippen molar-refractivity contribution in [1.29, 1.82) is 0 Å². The summed E-state index contributed by atoms with van der Waals surface area (Å²) in [4.78, 5) is 12.7. The molecule has 0 bridgehead atoms. The number of nitrogens with one attached hydrogen (secondary N) is 2. The van der Waals surface area contributed by atoms with E-state index < -0.39 is 10.0 Å². The maximum Gasteiger partial charge on any atom is 0.259 e. The van der Waals surface area contributed by atoms with Crippen molar-refractivity contribution in [3.05, 3.63) is 54.1 Å². The minimum absolute atomic E-state index is 0.164. The topological polar surface area (TPSA) is 84.5 Å². The van der Waals surface area contributed by atoms with Crippen LogP contribution in [-0.2, 0) is 10.0 Å². The quantitative estimate of drug-likeness (QED) is 0.604. The van der Waals surface area contributed by atoms with Gasteiger partial charge in [-0.05, 0) is 49.2 Å². The van der Waals surface area contributed by atoms with Gasteiger partial charge in [0.05, 0.1) is 17.1 Å². The number of sulfonamides is 1. The van der Waals surface area contributed by atoms with E-state index in [9.17, 15) is 13.2 Å². The summed E-state index contributed by atoms with van der Waals surface area (Å²) in [5, 5.41) is 2.78. The Morgan fingerprint density at radius 3 is 2.37 bits per heavy atom. The molecule has 1 amide bonds. The first-order valence-corrected chi connectivity index (χ1v) is 10.6. The van der Waals surface area contributed by atoms with Gasteiger partial charge in [0.15, 0.2) is 0 Å². The molecule has 0 spiro atoms. The van der Waals surface area contributed by atoms with E-state index in [1.807, 2.05) is 13.0 Å². The third-order valence-electron chi connectivity index (χ3n) is 3.85. The molecule has 146 valence electrons. The van der Waals surface area contributed by atoms with Crippen LogP contribution >= 0.6 is 0 Å². The summed E-state index contributed by atoms with van der Waals surface area (Å²) >= 11 is 0. The highest BCUT2D eigenvalue weighted by atomic mass is 32.2. The summed E-state index contributed by atoms with van der Waals surface area (Å²) in [6.45, 7) is 4.91. The Bertz CT molecular complexity index is 849. The van der Waals surface area contributed by atoms with Crippen molar-refractivity contribution in [2.24, 2.45) is 0 Å². The van der Waals surface area contributed by atoms with Crippen LogP contribution in [0.2, 0.25) is 0 Å². The van der Waals surface area contributed by atoms with E-state index in [-0.39, 0.29) is 10.8 Å². The van der Waals surface area contributed by atoms with Crippen LogP contribution < -0.4 is 14.8 Å². The molecular weight excluding hydrogens is 364 g/mol. The van der Waals surface area contributed by atoms with Crippen LogP contribution in [0.15, 0.2) is 53.4 Å². The number of carbonyl (C=O) groups is 1. The first-order valence-electron chi connectivity index (χ1n) is 9.10. The van der Waals surface area contributed by atoms with E-state index in [0.29, 0.717) is 36.6 Å². The summed E-state index contributed by atoms with van der Waals surface area (Å²) in [6.07, 6.45) is 2.64. The Balaban J connectivity index is 2.08. The maximum absolute atomic E-state index is 12.6. The highest BCUT2D eigenvalue weighted by molar-refractivity contribution is 7.89. The fourth-order valence-corrected chi connectivity index (χ4v) is 3.48. The van der Waals surface area contributed by atoms with Gasteiger partial charge in [-0.15, -0.1) is 0 Å². The van der Waals surface area contributed by atoms with Crippen LogP contribution in [0, 0.1) is 0 Å². The smallest absolute Gasteiger partial charge is 0.259 e. The van der Waals surface area contributed by atoms with Crippen molar-refractivity contribution >= 4 is 21.6 Å². The third-order valence-corrected chi connectivity index (χ3v) is 5.33. The Labute approximate surface area is 161 Å². The molecule has 0 radical (unpaired) electrons. The molecule has 2 aromatic rings. The summed E-state index contributed by atoms with van der Waals surface area (Å²) < 4.78 is 32.4. The first-order chi connectivity index (χ1) is 13.0. The number of unbranched alkanes of at least 4 members (excludes halogenated alkanes) is 1.